The number of phenols is 1. The van der Waals surface area contributed by atoms with Gasteiger partial charge in [0.2, 0.25) is 0 Å². The highest BCUT2D eigenvalue weighted by molar-refractivity contribution is 5.90. The van der Waals surface area contributed by atoms with Crippen molar-refractivity contribution >= 4 is 5.91 Å². The van der Waals surface area contributed by atoms with Crippen molar-refractivity contribution in [3.05, 3.63) is 36.4 Å². The van der Waals surface area contributed by atoms with Gasteiger partial charge in [-0.05, 0) is 56.1 Å². The van der Waals surface area contributed by atoms with Gasteiger partial charge in [0.1, 0.15) is 5.75 Å². The Labute approximate surface area is 134 Å². The van der Waals surface area contributed by atoms with Crippen LogP contribution in [-0.4, -0.2) is 46.6 Å². The third-order valence-corrected chi connectivity index (χ3v) is 4.82. The van der Waals surface area contributed by atoms with Gasteiger partial charge in [0.05, 0.1) is 6.20 Å². The number of nitrogens with zero attached hydrogens (tertiary/aromatic N) is 2. The van der Waals surface area contributed by atoms with Gasteiger partial charge in [-0.15, -0.1) is 0 Å². The van der Waals surface area contributed by atoms with Crippen LogP contribution in [0.1, 0.15) is 23.5 Å². The molecule has 0 spiro atoms. The molecule has 0 unspecified atom stereocenters. The minimum absolute atomic E-state index is 0.0875. The fourth-order valence-corrected chi connectivity index (χ4v) is 3.50. The van der Waals surface area contributed by atoms with Crippen LogP contribution in [0.4, 0.5) is 0 Å². The summed E-state index contributed by atoms with van der Waals surface area (Å²) >= 11 is 0. The standard InChI is InChI=1S/C17H19N3O3/c21-13-3-1-12(2-4-13)15-9-18-17(23-15)16(22)19-14-10-20-7-5-11(14)6-8-20/h1-4,9,11,14,21H,5-8,10H2,(H,19,22)/t14-/m0/s1. The maximum absolute atomic E-state index is 12.4. The lowest BCUT2D eigenvalue weighted by Gasteiger charge is -2.44. The summed E-state index contributed by atoms with van der Waals surface area (Å²) in [5.41, 5.74) is 0.775. The molecule has 2 bridgehead atoms. The van der Waals surface area contributed by atoms with Crippen LogP contribution in [0.3, 0.4) is 0 Å². The maximum atomic E-state index is 12.4. The monoisotopic (exact) mass is 313 g/mol. The fourth-order valence-electron chi connectivity index (χ4n) is 3.50. The number of carbonyl (C=O) groups is 1. The predicted octanol–water partition coefficient (Wildman–Crippen LogP) is 1.87. The van der Waals surface area contributed by atoms with Crippen molar-refractivity contribution in [2.75, 3.05) is 19.6 Å². The molecule has 4 heterocycles. The molecule has 23 heavy (non-hydrogen) atoms. The summed E-state index contributed by atoms with van der Waals surface area (Å²) in [5, 5.41) is 12.4. The van der Waals surface area contributed by atoms with E-state index in [4.69, 9.17) is 4.42 Å². The van der Waals surface area contributed by atoms with E-state index in [0.717, 1.165) is 38.0 Å². The molecule has 1 amide bonds. The van der Waals surface area contributed by atoms with E-state index in [1.54, 1.807) is 24.3 Å². The normalized spacial score (nSPS) is 26.2. The Balaban J connectivity index is 1.46. The number of piperidine rings is 3. The summed E-state index contributed by atoms with van der Waals surface area (Å²) in [6.45, 7) is 3.20. The first-order valence-corrected chi connectivity index (χ1v) is 7.97. The van der Waals surface area contributed by atoms with Gasteiger partial charge in [0.25, 0.3) is 5.89 Å². The number of fused-ring (bicyclic) bond motifs is 3. The van der Waals surface area contributed by atoms with Crippen molar-refractivity contribution < 1.29 is 14.3 Å². The molecule has 5 rings (SSSR count). The summed E-state index contributed by atoms with van der Waals surface area (Å²) in [6.07, 6.45) is 3.84. The first kappa shape index (κ1) is 14.3. The number of hydrogen-bond donors (Lipinski definition) is 2. The van der Waals surface area contributed by atoms with E-state index in [1.807, 2.05) is 0 Å². The number of hydrogen-bond acceptors (Lipinski definition) is 5. The molecule has 6 nitrogen and oxygen atoms in total. The molecule has 1 aromatic carbocycles. The van der Waals surface area contributed by atoms with Crippen molar-refractivity contribution in [1.82, 2.24) is 15.2 Å². The molecular formula is C17H19N3O3. The summed E-state index contributed by atoms with van der Waals surface area (Å²) in [7, 11) is 0. The first-order valence-electron chi connectivity index (χ1n) is 7.97. The number of aromatic nitrogens is 1. The Morgan fingerprint density at radius 1 is 1.26 bits per heavy atom. The largest absolute Gasteiger partial charge is 0.508 e. The van der Waals surface area contributed by atoms with Gasteiger partial charge < -0.3 is 19.7 Å². The summed E-state index contributed by atoms with van der Waals surface area (Å²) in [6, 6.07) is 6.79. The third kappa shape index (κ3) is 2.82. The van der Waals surface area contributed by atoms with Crippen LogP contribution in [0.15, 0.2) is 34.9 Å². The van der Waals surface area contributed by atoms with Crippen LogP contribution in [0.25, 0.3) is 11.3 Å². The number of benzene rings is 1. The second kappa shape index (κ2) is 5.70. The minimum Gasteiger partial charge on any atom is -0.508 e. The molecule has 2 N–H and O–H groups in total. The van der Waals surface area contributed by atoms with Crippen molar-refractivity contribution in [3.8, 4) is 17.1 Å². The van der Waals surface area contributed by atoms with Crippen LogP contribution >= 0.6 is 0 Å². The average Bonchev–Trinajstić information content (AvgIpc) is 3.07. The second-order valence-electron chi connectivity index (χ2n) is 6.29. The highest BCUT2D eigenvalue weighted by Crippen LogP contribution is 2.28. The quantitative estimate of drug-likeness (QED) is 0.904. The zero-order chi connectivity index (χ0) is 15.8. The number of amides is 1. The molecule has 0 aliphatic carbocycles. The summed E-state index contributed by atoms with van der Waals surface area (Å²) in [4.78, 5) is 18.8. The smallest absolute Gasteiger partial charge is 0.307 e. The van der Waals surface area contributed by atoms with E-state index in [-0.39, 0.29) is 23.6 Å². The van der Waals surface area contributed by atoms with Gasteiger partial charge in [-0.1, -0.05) is 0 Å². The average molecular weight is 313 g/mol. The Hall–Kier alpha value is -2.34. The Morgan fingerprint density at radius 2 is 2.00 bits per heavy atom. The SMILES string of the molecule is O=C(N[C@H]1CN2CCC1CC2)c1ncc(-c2ccc(O)cc2)o1. The van der Waals surface area contributed by atoms with Gasteiger partial charge in [0, 0.05) is 18.2 Å². The number of oxazole rings is 1. The van der Waals surface area contributed by atoms with E-state index < -0.39 is 0 Å². The van der Waals surface area contributed by atoms with E-state index in [2.05, 4.69) is 15.2 Å². The van der Waals surface area contributed by atoms with E-state index in [9.17, 15) is 9.90 Å². The molecule has 1 aromatic heterocycles. The summed E-state index contributed by atoms with van der Waals surface area (Å²) in [5.74, 6) is 1.10. The van der Waals surface area contributed by atoms with Crippen LogP contribution < -0.4 is 5.32 Å². The molecule has 0 radical (unpaired) electrons. The maximum Gasteiger partial charge on any atom is 0.307 e. The topological polar surface area (TPSA) is 78.6 Å². The van der Waals surface area contributed by atoms with E-state index in [0.29, 0.717) is 11.7 Å². The molecular weight excluding hydrogens is 294 g/mol. The van der Waals surface area contributed by atoms with Crippen LogP contribution in [0.5, 0.6) is 5.75 Å². The van der Waals surface area contributed by atoms with Gasteiger partial charge in [-0.25, -0.2) is 4.98 Å². The zero-order valence-electron chi connectivity index (χ0n) is 12.7. The number of rotatable bonds is 3. The van der Waals surface area contributed by atoms with Crippen molar-refractivity contribution in [2.24, 2.45) is 5.92 Å². The Morgan fingerprint density at radius 3 is 2.65 bits per heavy atom. The molecule has 3 aliphatic heterocycles. The van der Waals surface area contributed by atoms with E-state index in [1.165, 1.54) is 6.20 Å². The Bertz CT molecular complexity index is 702. The highest BCUT2D eigenvalue weighted by Gasteiger charge is 2.35. The number of nitrogens with one attached hydrogen (secondary N) is 1. The van der Waals surface area contributed by atoms with Gasteiger partial charge >= 0.3 is 5.91 Å². The molecule has 3 fully saturated rings. The van der Waals surface area contributed by atoms with E-state index >= 15 is 0 Å². The molecule has 3 saturated heterocycles. The number of carbonyl (C=O) groups excluding carboxylic acids is 1. The lowest BCUT2D eigenvalue weighted by molar-refractivity contribution is 0.0602. The molecule has 120 valence electrons. The Kier molecular flexibility index (Phi) is 3.53. The zero-order valence-corrected chi connectivity index (χ0v) is 12.7. The highest BCUT2D eigenvalue weighted by atomic mass is 16.4. The second-order valence-corrected chi connectivity index (χ2v) is 6.29. The molecule has 1 atom stereocenters. The number of phenolic OH excluding ortho intramolecular Hbond substituents is 1. The van der Waals surface area contributed by atoms with Crippen molar-refractivity contribution in [1.29, 1.82) is 0 Å². The van der Waals surface area contributed by atoms with Crippen LogP contribution in [-0.2, 0) is 0 Å². The van der Waals surface area contributed by atoms with Gasteiger partial charge in [-0.3, -0.25) is 4.79 Å². The van der Waals surface area contributed by atoms with Crippen LogP contribution in [0, 0.1) is 5.92 Å². The fraction of sp³-hybridized carbons (Fsp3) is 0.412. The molecule has 3 aliphatic rings. The van der Waals surface area contributed by atoms with Crippen molar-refractivity contribution in [3.63, 3.8) is 0 Å². The third-order valence-electron chi connectivity index (χ3n) is 4.82. The molecule has 6 heteroatoms. The van der Waals surface area contributed by atoms with Crippen LogP contribution in [0.2, 0.25) is 0 Å². The molecule has 0 saturated carbocycles. The molecule has 2 aromatic rings. The first-order chi connectivity index (χ1) is 11.2. The summed E-state index contributed by atoms with van der Waals surface area (Å²) < 4.78 is 5.57. The minimum atomic E-state index is -0.256. The number of aromatic hydroxyl groups is 1. The lowest BCUT2D eigenvalue weighted by Crippen LogP contribution is -2.57. The lowest BCUT2D eigenvalue weighted by atomic mass is 9.84. The van der Waals surface area contributed by atoms with Gasteiger partial charge in [-0.2, -0.15) is 0 Å². The predicted molar refractivity (Wildman–Crippen MR) is 84.0 cm³/mol. The van der Waals surface area contributed by atoms with Gasteiger partial charge in [0.15, 0.2) is 5.76 Å². The van der Waals surface area contributed by atoms with Crippen molar-refractivity contribution in [2.45, 2.75) is 18.9 Å².